The molecular weight excluding hydrogens is 360 g/mol. The van der Waals surface area contributed by atoms with Crippen molar-refractivity contribution >= 4 is 18.3 Å². The Labute approximate surface area is 168 Å². The monoisotopic (exact) mass is 390 g/mol. The summed E-state index contributed by atoms with van der Waals surface area (Å²) < 4.78 is 1.97. The van der Waals surface area contributed by atoms with Crippen LogP contribution in [0.1, 0.15) is 73.9 Å². The molecule has 3 rings (SSSR count). The zero-order valence-corrected chi connectivity index (χ0v) is 17.7. The van der Waals surface area contributed by atoms with E-state index < -0.39 is 0 Å². The molecule has 2 aromatic rings. The van der Waals surface area contributed by atoms with Crippen molar-refractivity contribution in [1.29, 1.82) is 0 Å². The molecule has 5 nitrogen and oxygen atoms in total. The Hall–Kier alpha value is -1.85. The highest BCUT2D eigenvalue weighted by atomic mass is 35.5. The molecule has 1 aliphatic rings. The van der Waals surface area contributed by atoms with Gasteiger partial charge in [-0.05, 0) is 56.8 Å². The number of hydrogen-bond donors (Lipinski definition) is 2. The largest absolute Gasteiger partial charge is 0.349 e. The minimum absolute atomic E-state index is 0. The van der Waals surface area contributed by atoms with E-state index in [1.807, 2.05) is 10.7 Å². The zero-order chi connectivity index (χ0) is 18.9. The first-order chi connectivity index (χ1) is 12.3. The van der Waals surface area contributed by atoms with E-state index in [4.69, 9.17) is 0 Å². The second kappa shape index (κ2) is 8.44. The molecule has 1 amide bonds. The number of nitrogens with one attached hydrogen (secondary N) is 2. The lowest BCUT2D eigenvalue weighted by atomic mass is 9.94. The number of hydrogen-bond acceptors (Lipinski definition) is 3. The van der Waals surface area contributed by atoms with Crippen molar-refractivity contribution in [3.05, 3.63) is 52.8 Å². The maximum Gasteiger partial charge on any atom is 0.271 e. The van der Waals surface area contributed by atoms with Crippen molar-refractivity contribution in [3.8, 4) is 0 Å². The van der Waals surface area contributed by atoms with Crippen molar-refractivity contribution in [2.24, 2.45) is 0 Å². The van der Waals surface area contributed by atoms with Crippen LogP contribution in [0.15, 0.2) is 30.3 Å². The molecule has 0 bridgehead atoms. The SMILES string of the molecule is CC(C)c1cc(C(=O)NCC2NCCc3ccccc32)nn1C(C)(C)C.Cl. The zero-order valence-electron chi connectivity index (χ0n) is 16.9. The van der Waals surface area contributed by atoms with Gasteiger partial charge in [0.05, 0.1) is 5.54 Å². The molecule has 2 N–H and O–H groups in total. The van der Waals surface area contributed by atoms with Crippen LogP contribution in [0, 0.1) is 0 Å². The fourth-order valence-corrected chi connectivity index (χ4v) is 3.52. The molecule has 0 fully saturated rings. The minimum atomic E-state index is -0.151. The van der Waals surface area contributed by atoms with Gasteiger partial charge in [-0.3, -0.25) is 9.48 Å². The normalized spacial score (nSPS) is 16.6. The molecule has 0 spiro atoms. The molecule has 2 heterocycles. The first kappa shape index (κ1) is 21.5. The Morgan fingerprint density at radius 2 is 2.04 bits per heavy atom. The molecule has 1 unspecified atom stereocenters. The number of benzene rings is 1. The highest BCUT2D eigenvalue weighted by Crippen LogP contribution is 2.24. The predicted octanol–water partition coefficient (Wildman–Crippen LogP) is 3.80. The molecule has 1 aromatic heterocycles. The number of aromatic nitrogens is 2. The summed E-state index contributed by atoms with van der Waals surface area (Å²) >= 11 is 0. The third-order valence-corrected chi connectivity index (χ3v) is 4.88. The molecule has 1 aliphatic heterocycles. The molecule has 148 valence electrons. The Morgan fingerprint density at radius 1 is 1.33 bits per heavy atom. The summed E-state index contributed by atoms with van der Waals surface area (Å²) in [7, 11) is 0. The maximum absolute atomic E-state index is 12.7. The van der Waals surface area contributed by atoms with Gasteiger partial charge in [-0.25, -0.2) is 0 Å². The Bertz CT molecular complexity index is 792. The van der Waals surface area contributed by atoms with Gasteiger partial charge in [0.1, 0.15) is 5.69 Å². The van der Waals surface area contributed by atoms with Gasteiger partial charge in [-0.2, -0.15) is 5.10 Å². The van der Waals surface area contributed by atoms with E-state index >= 15 is 0 Å². The molecule has 1 aromatic carbocycles. The summed E-state index contributed by atoms with van der Waals surface area (Å²) in [6.07, 6.45) is 1.04. The first-order valence-corrected chi connectivity index (χ1v) is 9.47. The number of nitrogens with zero attached hydrogens (tertiary/aromatic N) is 2. The predicted molar refractivity (Wildman–Crippen MR) is 112 cm³/mol. The quantitative estimate of drug-likeness (QED) is 0.834. The van der Waals surface area contributed by atoms with Crippen LogP contribution in [0.25, 0.3) is 0 Å². The van der Waals surface area contributed by atoms with Gasteiger partial charge in [0.25, 0.3) is 5.91 Å². The summed E-state index contributed by atoms with van der Waals surface area (Å²) in [5, 5.41) is 11.2. The fourth-order valence-electron chi connectivity index (χ4n) is 3.52. The number of halogens is 1. The van der Waals surface area contributed by atoms with Gasteiger partial charge in [0.15, 0.2) is 0 Å². The first-order valence-electron chi connectivity index (χ1n) is 9.47. The number of carbonyl (C=O) groups is 1. The van der Waals surface area contributed by atoms with Crippen LogP contribution in [-0.4, -0.2) is 28.8 Å². The van der Waals surface area contributed by atoms with Crippen molar-refractivity contribution in [1.82, 2.24) is 20.4 Å². The number of rotatable bonds is 4. The molecule has 6 heteroatoms. The van der Waals surface area contributed by atoms with E-state index in [-0.39, 0.29) is 29.9 Å². The smallest absolute Gasteiger partial charge is 0.271 e. The number of carbonyl (C=O) groups excluding carboxylic acids is 1. The summed E-state index contributed by atoms with van der Waals surface area (Å²) in [5.74, 6) is 0.204. The number of amides is 1. The Kier molecular flexibility index (Phi) is 6.71. The Balaban J connectivity index is 0.00000261. The average molecular weight is 391 g/mol. The van der Waals surface area contributed by atoms with Gasteiger partial charge >= 0.3 is 0 Å². The van der Waals surface area contributed by atoms with Gasteiger partial charge in [0, 0.05) is 18.3 Å². The van der Waals surface area contributed by atoms with Gasteiger partial charge in [0.2, 0.25) is 0 Å². The maximum atomic E-state index is 12.7. The topological polar surface area (TPSA) is 59.0 Å². The van der Waals surface area contributed by atoms with Crippen molar-refractivity contribution in [3.63, 3.8) is 0 Å². The molecule has 0 saturated carbocycles. The molecule has 1 atom stereocenters. The number of fused-ring (bicyclic) bond motifs is 1. The molecular formula is C21H31ClN4O. The van der Waals surface area contributed by atoms with Crippen molar-refractivity contribution in [2.45, 2.75) is 58.5 Å². The molecule has 0 aliphatic carbocycles. The van der Waals surface area contributed by atoms with Crippen LogP contribution >= 0.6 is 12.4 Å². The third-order valence-electron chi connectivity index (χ3n) is 4.88. The van der Waals surface area contributed by atoms with Gasteiger partial charge in [-0.15, -0.1) is 12.4 Å². The van der Waals surface area contributed by atoms with Crippen molar-refractivity contribution < 1.29 is 4.79 Å². The standard InChI is InChI=1S/C21H30N4O.ClH/c1-14(2)19-12-17(24-25(19)21(3,4)5)20(26)23-13-18-16-9-7-6-8-15(16)10-11-22-18;/h6-9,12,14,18,22H,10-11,13H2,1-5H3,(H,23,26);1H. The summed E-state index contributed by atoms with van der Waals surface area (Å²) in [5.41, 5.74) is 4.07. The second-order valence-electron chi connectivity index (χ2n) is 8.36. The van der Waals surface area contributed by atoms with Gasteiger partial charge < -0.3 is 10.6 Å². The van der Waals surface area contributed by atoms with Crippen molar-refractivity contribution in [2.75, 3.05) is 13.1 Å². The summed E-state index contributed by atoms with van der Waals surface area (Å²) in [6.45, 7) is 12.1. The Morgan fingerprint density at radius 3 is 2.67 bits per heavy atom. The van der Waals surface area contributed by atoms with E-state index in [1.54, 1.807) is 0 Å². The lowest BCUT2D eigenvalue weighted by Crippen LogP contribution is -2.39. The highest BCUT2D eigenvalue weighted by molar-refractivity contribution is 5.92. The highest BCUT2D eigenvalue weighted by Gasteiger charge is 2.25. The molecule has 0 radical (unpaired) electrons. The summed E-state index contributed by atoms with van der Waals surface area (Å²) in [6, 6.07) is 10.5. The molecule has 27 heavy (non-hydrogen) atoms. The second-order valence-corrected chi connectivity index (χ2v) is 8.36. The third kappa shape index (κ3) is 4.71. The fraction of sp³-hybridized carbons (Fsp3) is 0.524. The van der Waals surface area contributed by atoms with Crippen LogP contribution in [0.5, 0.6) is 0 Å². The lowest BCUT2D eigenvalue weighted by molar-refractivity contribution is 0.0942. The van der Waals surface area contributed by atoms with Gasteiger partial charge in [-0.1, -0.05) is 38.1 Å². The van der Waals surface area contributed by atoms with E-state index in [1.165, 1.54) is 11.1 Å². The van der Waals surface area contributed by atoms with E-state index in [9.17, 15) is 4.79 Å². The molecule has 0 saturated heterocycles. The minimum Gasteiger partial charge on any atom is -0.349 e. The van der Waals surface area contributed by atoms with Crippen LogP contribution in [0.3, 0.4) is 0 Å². The average Bonchev–Trinajstić information content (AvgIpc) is 3.06. The summed E-state index contributed by atoms with van der Waals surface area (Å²) in [4.78, 5) is 12.7. The lowest BCUT2D eigenvalue weighted by Gasteiger charge is -2.27. The van der Waals surface area contributed by atoms with Crippen LogP contribution in [0.2, 0.25) is 0 Å². The van der Waals surface area contributed by atoms with Crippen LogP contribution in [-0.2, 0) is 12.0 Å². The van der Waals surface area contributed by atoms with Crippen LogP contribution < -0.4 is 10.6 Å². The van der Waals surface area contributed by atoms with E-state index in [0.29, 0.717) is 18.2 Å². The van der Waals surface area contributed by atoms with E-state index in [0.717, 1.165) is 18.7 Å². The van der Waals surface area contributed by atoms with E-state index in [2.05, 4.69) is 74.6 Å². The van der Waals surface area contributed by atoms with Crippen LogP contribution in [0.4, 0.5) is 0 Å².